The molecule has 0 fully saturated rings. The van der Waals surface area contributed by atoms with Crippen molar-refractivity contribution in [2.75, 3.05) is 0 Å². The zero-order valence-corrected chi connectivity index (χ0v) is 12.4. The van der Waals surface area contributed by atoms with Gasteiger partial charge in [-0.15, -0.1) is 0 Å². The third kappa shape index (κ3) is 1.83. The second-order valence-electron chi connectivity index (χ2n) is 5.83. The Kier molecular flexibility index (Phi) is 2.89. The van der Waals surface area contributed by atoms with Crippen LogP contribution < -0.4 is 5.43 Å². The lowest BCUT2D eigenvalue weighted by Crippen LogP contribution is -2.13. The number of fused-ring (bicyclic) bond motifs is 2. The largest absolute Gasteiger partial charge is 0.338 e. The Balaban J connectivity index is 2.66. The number of pyridine rings is 1. The number of aromatic nitrogens is 1. The van der Waals surface area contributed by atoms with E-state index in [1.165, 1.54) is 11.1 Å². The Morgan fingerprint density at radius 1 is 0.850 bits per heavy atom. The summed E-state index contributed by atoms with van der Waals surface area (Å²) >= 11 is 0. The molecule has 1 aromatic heterocycles. The predicted molar refractivity (Wildman–Crippen MR) is 85.6 cm³/mol. The van der Waals surface area contributed by atoms with Gasteiger partial charge in [0.05, 0.1) is 11.0 Å². The highest BCUT2D eigenvalue weighted by molar-refractivity contribution is 5.94. The SMILES string of the molecule is Cc1ccc2c(=O)c3ccc(C)cc3n(C(C)C)c2c1. The molecule has 3 rings (SSSR count). The fraction of sp³-hybridized carbons (Fsp3) is 0.278. The maximum Gasteiger partial charge on any atom is 0.197 e. The van der Waals surface area contributed by atoms with E-state index in [2.05, 4.69) is 44.4 Å². The summed E-state index contributed by atoms with van der Waals surface area (Å²) in [4.78, 5) is 12.7. The molecule has 0 bridgehead atoms. The first kappa shape index (κ1) is 12.9. The highest BCUT2D eigenvalue weighted by Gasteiger charge is 2.12. The van der Waals surface area contributed by atoms with Crippen molar-refractivity contribution in [2.45, 2.75) is 33.7 Å². The quantitative estimate of drug-likeness (QED) is 0.599. The molecular formula is C18H19NO. The van der Waals surface area contributed by atoms with Gasteiger partial charge < -0.3 is 4.57 Å². The third-order valence-electron chi connectivity index (χ3n) is 3.83. The number of benzene rings is 2. The molecule has 0 atom stereocenters. The van der Waals surface area contributed by atoms with Crippen LogP contribution in [0.4, 0.5) is 0 Å². The van der Waals surface area contributed by atoms with Crippen molar-refractivity contribution >= 4 is 21.8 Å². The first-order valence-corrected chi connectivity index (χ1v) is 7.04. The fourth-order valence-electron chi connectivity index (χ4n) is 2.90. The van der Waals surface area contributed by atoms with Gasteiger partial charge in [0.15, 0.2) is 5.43 Å². The van der Waals surface area contributed by atoms with E-state index < -0.39 is 0 Å². The van der Waals surface area contributed by atoms with Gasteiger partial charge in [0.25, 0.3) is 0 Å². The molecule has 0 spiro atoms. The van der Waals surface area contributed by atoms with Crippen molar-refractivity contribution in [3.8, 4) is 0 Å². The molecule has 0 saturated carbocycles. The van der Waals surface area contributed by atoms with E-state index in [4.69, 9.17) is 0 Å². The highest BCUT2D eigenvalue weighted by atomic mass is 16.1. The van der Waals surface area contributed by atoms with Gasteiger partial charge in [-0.1, -0.05) is 12.1 Å². The van der Waals surface area contributed by atoms with Crippen LogP contribution in [0.15, 0.2) is 41.2 Å². The smallest absolute Gasteiger partial charge is 0.197 e. The summed E-state index contributed by atoms with van der Waals surface area (Å²) in [6.07, 6.45) is 0. The van der Waals surface area contributed by atoms with Gasteiger partial charge in [-0.2, -0.15) is 0 Å². The van der Waals surface area contributed by atoms with E-state index in [1.54, 1.807) is 0 Å². The Morgan fingerprint density at radius 2 is 1.30 bits per heavy atom. The van der Waals surface area contributed by atoms with E-state index in [-0.39, 0.29) is 5.43 Å². The summed E-state index contributed by atoms with van der Waals surface area (Å²) in [5, 5.41) is 1.61. The summed E-state index contributed by atoms with van der Waals surface area (Å²) in [5.74, 6) is 0. The average molecular weight is 265 g/mol. The van der Waals surface area contributed by atoms with Crippen LogP contribution in [0.2, 0.25) is 0 Å². The second-order valence-corrected chi connectivity index (χ2v) is 5.83. The van der Waals surface area contributed by atoms with E-state index in [0.717, 1.165) is 21.8 Å². The van der Waals surface area contributed by atoms with Crippen LogP contribution in [0.5, 0.6) is 0 Å². The average Bonchev–Trinajstić information content (AvgIpc) is 2.37. The zero-order valence-electron chi connectivity index (χ0n) is 12.4. The molecule has 0 N–H and O–H groups in total. The van der Waals surface area contributed by atoms with E-state index in [0.29, 0.717) is 6.04 Å². The number of aryl methyl sites for hydroxylation is 2. The lowest BCUT2D eigenvalue weighted by atomic mass is 10.0. The Hall–Kier alpha value is -2.09. The highest BCUT2D eigenvalue weighted by Crippen LogP contribution is 2.24. The Labute approximate surface area is 118 Å². The lowest BCUT2D eigenvalue weighted by molar-refractivity contribution is 0.639. The molecule has 0 saturated heterocycles. The topological polar surface area (TPSA) is 22.0 Å². The van der Waals surface area contributed by atoms with Crippen LogP contribution in [0.25, 0.3) is 21.8 Å². The minimum Gasteiger partial charge on any atom is -0.338 e. The lowest BCUT2D eigenvalue weighted by Gasteiger charge is -2.19. The Bertz CT molecular complexity index is 806. The van der Waals surface area contributed by atoms with Gasteiger partial charge in [0, 0.05) is 16.8 Å². The van der Waals surface area contributed by atoms with E-state index in [9.17, 15) is 4.79 Å². The predicted octanol–water partition coefficient (Wildman–Crippen LogP) is 4.35. The minimum atomic E-state index is 0.131. The first-order chi connectivity index (χ1) is 9.49. The molecule has 0 aliphatic carbocycles. The van der Waals surface area contributed by atoms with Crippen molar-refractivity contribution in [3.63, 3.8) is 0 Å². The minimum absolute atomic E-state index is 0.131. The maximum atomic E-state index is 12.7. The molecule has 0 unspecified atom stereocenters. The van der Waals surface area contributed by atoms with Crippen molar-refractivity contribution in [1.29, 1.82) is 0 Å². The number of nitrogens with zero attached hydrogens (tertiary/aromatic N) is 1. The number of hydrogen-bond acceptors (Lipinski definition) is 1. The summed E-state index contributed by atoms with van der Waals surface area (Å²) < 4.78 is 2.27. The van der Waals surface area contributed by atoms with Gasteiger partial charge in [-0.3, -0.25) is 4.79 Å². The summed E-state index contributed by atoms with van der Waals surface area (Å²) in [6.45, 7) is 8.45. The summed E-state index contributed by atoms with van der Waals surface area (Å²) in [7, 11) is 0. The summed E-state index contributed by atoms with van der Waals surface area (Å²) in [6, 6.07) is 12.4. The molecule has 0 aliphatic heterocycles. The molecule has 2 heteroatoms. The molecule has 2 nitrogen and oxygen atoms in total. The van der Waals surface area contributed by atoms with Crippen LogP contribution in [0, 0.1) is 13.8 Å². The zero-order chi connectivity index (χ0) is 14.4. The molecular weight excluding hydrogens is 246 g/mol. The molecule has 1 heterocycles. The van der Waals surface area contributed by atoms with Gasteiger partial charge in [-0.25, -0.2) is 0 Å². The van der Waals surface area contributed by atoms with E-state index >= 15 is 0 Å². The fourth-order valence-corrected chi connectivity index (χ4v) is 2.90. The van der Waals surface area contributed by atoms with Gasteiger partial charge in [0.1, 0.15) is 0 Å². The van der Waals surface area contributed by atoms with E-state index in [1.807, 2.05) is 24.3 Å². The van der Waals surface area contributed by atoms with Crippen LogP contribution >= 0.6 is 0 Å². The van der Waals surface area contributed by atoms with Gasteiger partial charge >= 0.3 is 0 Å². The molecule has 2 aromatic carbocycles. The molecule has 0 radical (unpaired) electrons. The maximum absolute atomic E-state index is 12.7. The monoisotopic (exact) mass is 265 g/mol. The van der Waals surface area contributed by atoms with Gasteiger partial charge in [0.2, 0.25) is 0 Å². The van der Waals surface area contributed by atoms with Crippen LogP contribution in [-0.2, 0) is 0 Å². The molecule has 3 aromatic rings. The second kappa shape index (κ2) is 4.48. The molecule has 20 heavy (non-hydrogen) atoms. The standard InChI is InChI=1S/C18H19NO/c1-11(2)19-16-9-12(3)5-7-14(16)18(20)15-8-6-13(4)10-17(15)19/h5-11H,1-4H3. The van der Waals surface area contributed by atoms with Crippen molar-refractivity contribution in [3.05, 3.63) is 57.7 Å². The molecule has 0 aliphatic rings. The number of hydrogen-bond donors (Lipinski definition) is 0. The van der Waals surface area contributed by atoms with Crippen molar-refractivity contribution in [1.82, 2.24) is 4.57 Å². The molecule has 0 amide bonds. The van der Waals surface area contributed by atoms with Gasteiger partial charge in [-0.05, 0) is 63.1 Å². The van der Waals surface area contributed by atoms with Crippen molar-refractivity contribution in [2.24, 2.45) is 0 Å². The normalized spacial score (nSPS) is 11.7. The van der Waals surface area contributed by atoms with Crippen LogP contribution in [-0.4, -0.2) is 4.57 Å². The van der Waals surface area contributed by atoms with Crippen LogP contribution in [0.3, 0.4) is 0 Å². The Morgan fingerprint density at radius 3 is 1.70 bits per heavy atom. The number of rotatable bonds is 1. The summed E-state index contributed by atoms with van der Waals surface area (Å²) in [5.41, 5.74) is 4.55. The third-order valence-corrected chi connectivity index (χ3v) is 3.83. The van der Waals surface area contributed by atoms with Crippen LogP contribution in [0.1, 0.15) is 31.0 Å². The van der Waals surface area contributed by atoms with Crippen molar-refractivity contribution < 1.29 is 0 Å². The first-order valence-electron chi connectivity index (χ1n) is 7.04. The molecule has 102 valence electrons.